The number of nitrogen functional groups attached to an aromatic ring is 1. The third-order valence-electron chi connectivity index (χ3n) is 2.32. The first-order valence-electron chi connectivity index (χ1n) is 4.51. The predicted octanol–water partition coefficient (Wildman–Crippen LogP) is 0.888. The quantitative estimate of drug-likeness (QED) is 0.728. The van der Waals surface area contributed by atoms with E-state index in [1.54, 1.807) is 12.3 Å². The van der Waals surface area contributed by atoms with Crippen LogP contribution < -0.4 is 10.6 Å². The number of rotatable bonds is 1. The summed E-state index contributed by atoms with van der Waals surface area (Å²) < 4.78 is 0. The zero-order valence-corrected chi connectivity index (χ0v) is 8.41. The van der Waals surface area contributed by atoms with Crippen LogP contribution >= 0.6 is 11.6 Å². The van der Waals surface area contributed by atoms with E-state index in [2.05, 4.69) is 4.98 Å². The number of pyridine rings is 1. The topological polar surface area (TPSA) is 62.4 Å². The van der Waals surface area contributed by atoms with E-state index in [-0.39, 0.29) is 6.10 Å². The Balaban J connectivity index is 2.24. The molecule has 2 rings (SSSR count). The van der Waals surface area contributed by atoms with Crippen LogP contribution in [0.5, 0.6) is 0 Å². The minimum Gasteiger partial charge on any atom is -0.396 e. The van der Waals surface area contributed by atoms with E-state index >= 15 is 0 Å². The van der Waals surface area contributed by atoms with E-state index in [0.717, 1.165) is 13.0 Å². The van der Waals surface area contributed by atoms with E-state index in [9.17, 15) is 5.11 Å². The summed E-state index contributed by atoms with van der Waals surface area (Å²) in [6.45, 7) is 1.39. The predicted molar refractivity (Wildman–Crippen MR) is 56.5 cm³/mol. The van der Waals surface area contributed by atoms with E-state index in [4.69, 9.17) is 17.3 Å². The molecule has 1 unspecified atom stereocenters. The molecule has 0 radical (unpaired) electrons. The largest absolute Gasteiger partial charge is 0.396 e. The van der Waals surface area contributed by atoms with Crippen LogP contribution in [0.4, 0.5) is 11.5 Å². The van der Waals surface area contributed by atoms with Crippen molar-refractivity contribution in [3.63, 3.8) is 0 Å². The maximum absolute atomic E-state index is 9.37. The highest BCUT2D eigenvalue weighted by Gasteiger charge is 2.22. The van der Waals surface area contributed by atoms with Gasteiger partial charge in [0.05, 0.1) is 16.8 Å². The molecule has 2 heterocycles. The van der Waals surface area contributed by atoms with E-state index in [1.165, 1.54) is 0 Å². The fourth-order valence-electron chi connectivity index (χ4n) is 1.65. The van der Waals surface area contributed by atoms with Crippen LogP contribution in [0.2, 0.25) is 5.02 Å². The standard InChI is InChI=1S/C9H12ClN3O/c10-6-3-8(11)9(12-4-6)13-2-1-7(14)5-13/h3-4,7,14H,1-2,5,11H2. The minimum atomic E-state index is -0.271. The summed E-state index contributed by atoms with van der Waals surface area (Å²) >= 11 is 5.74. The second-order valence-electron chi connectivity index (χ2n) is 3.45. The molecule has 14 heavy (non-hydrogen) atoms. The molecule has 1 fully saturated rings. The highest BCUT2D eigenvalue weighted by Crippen LogP contribution is 2.26. The summed E-state index contributed by atoms with van der Waals surface area (Å²) in [6.07, 6.45) is 2.06. The number of hydrogen-bond donors (Lipinski definition) is 2. The second-order valence-corrected chi connectivity index (χ2v) is 3.89. The third kappa shape index (κ3) is 1.76. The van der Waals surface area contributed by atoms with Gasteiger partial charge in [-0.2, -0.15) is 0 Å². The number of nitrogens with two attached hydrogens (primary N) is 1. The molecular formula is C9H12ClN3O. The van der Waals surface area contributed by atoms with Crippen molar-refractivity contribution in [1.82, 2.24) is 4.98 Å². The molecule has 3 N–H and O–H groups in total. The van der Waals surface area contributed by atoms with Gasteiger partial charge in [0, 0.05) is 19.3 Å². The van der Waals surface area contributed by atoms with Crippen LogP contribution in [0.25, 0.3) is 0 Å². The first kappa shape index (κ1) is 9.55. The zero-order chi connectivity index (χ0) is 10.1. The van der Waals surface area contributed by atoms with Crippen molar-refractivity contribution in [1.29, 1.82) is 0 Å². The number of β-amino-alcohol motifs (C(OH)–C–C–N with tert-alkyl or cyclic N) is 1. The van der Waals surface area contributed by atoms with Gasteiger partial charge < -0.3 is 15.7 Å². The molecular weight excluding hydrogens is 202 g/mol. The van der Waals surface area contributed by atoms with Crippen LogP contribution in [0.1, 0.15) is 6.42 Å². The molecule has 1 atom stereocenters. The fourth-order valence-corrected chi connectivity index (χ4v) is 1.81. The Bertz CT molecular complexity index is 345. The molecule has 4 nitrogen and oxygen atoms in total. The summed E-state index contributed by atoms with van der Waals surface area (Å²) in [5, 5.41) is 9.90. The molecule has 1 aliphatic heterocycles. The summed E-state index contributed by atoms with van der Waals surface area (Å²) in [6, 6.07) is 1.68. The normalized spacial score (nSPS) is 21.6. The minimum absolute atomic E-state index is 0.271. The lowest BCUT2D eigenvalue weighted by atomic mass is 10.3. The molecule has 1 aromatic heterocycles. The van der Waals surface area contributed by atoms with Crippen molar-refractivity contribution in [2.75, 3.05) is 23.7 Å². The van der Waals surface area contributed by atoms with Gasteiger partial charge in [0.2, 0.25) is 0 Å². The lowest BCUT2D eigenvalue weighted by Crippen LogP contribution is -2.23. The smallest absolute Gasteiger partial charge is 0.151 e. The molecule has 0 spiro atoms. The van der Waals surface area contributed by atoms with Crippen LogP contribution in [-0.4, -0.2) is 29.3 Å². The molecule has 0 saturated carbocycles. The van der Waals surface area contributed by atoms with Gasteiger partial charge in [0.15, 0.2) is 5.82 Å². The zero-order valence-electron chi connectivity index (χ0n) is 7.65. The first-order valence-corrected chi connectivity index (χ1v) is 4.88. The molecule has 0 bridgehead atoms. The Hall–Kier alpha value is -1.00. The summed E-state index contributed by atoms with van der Waals surface area (Å²) in [4.78, 5) is 6.12. The average Bonchev–Trinajstić information content (AvgIpc) is 2.51. The van der Waals surface area contributed by atoms with E-state index in [1.807, 2.05) is 4.90 Å². The van der Waals surface area contributed by atoms with E-state index < -0.39 is 0 Å². The molecule has 5 heteroatoms. The van der Waals surface area contributed by atoms with Gasteiger partial charge in [0.25, 0.3) is 0 Å². The lowest BCUT2D eigenvalue weighted by molar-refractivity contribution is 0.198. The second kappa shape index (κ2) is 3.63. The van der Waals surface area contributed by atoms with Crippen LogP contribution in [0.15, 0.2) is 12.3 Å². The molecule has 1 saturated heterocycles. The Morgan fingerprint density at radius 1 is 1.64 bits per heavy atom. The average molecular weight is 214 g/mol. The van der Waals surface area contributed by atoms with Gasteiger partial charge in [-0.15, -0.1) is 0 Å². The fraction of sp³-hybridized carbons (Fsp3) is 0.444. The van der Waals surface area contributed by atoms with Gasteiger partial charge in [-0.1, -0.05) is 11.6 Å². The Kier molecular flexibility index (Phi) is 2.48. The first-order chi connectivity index (χ1) is 6.66. The Morgan fingerprint density at radius 2 is 2.43 bits per heavy atom. The lowest BCUT2D eigenvalue weighted by Gasteiger charge is -2.18. The number of hydrogen-bond acceptors (Lipinski definition) is 4. The number of anilines is 2. The number of aliphatic hydroxyl groups excluding tert-OH is 1. The molecule has 1 aromatic rings. The van der Waals surface area contributed by atoms with Crippen LogP contribution in [0.3, 0.4) is 0 Å². The Labute approximate surface area is 87.3 Å². The molecule has 76 valence electrons. The summed E-state index contributed by atoms with van der Waals surface area (Å²) in [5.74, 6) is 0.714. The third-order valence-corrected chi connectivity index (χ3v) is 2.53. The number of aliphatic hydroxyl groups is 1. The number of aromatic nitrogens is 1. The maximum atomic E-state index is 9.37. The number of halogens is 1. The van der Waals surface area contributed by atoms with Gasteiger partial charge in [-0.3, -0.25) is 0 Å². The van der Waals surface area contributed by atoms with Gasteiger partial charge >= 0.3 is 0 Å². The van der Waals surface area contributed by atoms with Gasteiger partial charge in [-0.05, 0) is 12.5 Å². The monoisotopic (exact) mass is 213 g/mol. The highest BCUT2D eigenvalue weighted by atomic mass is 35.5. The van der Waals surface area contributed by atoms with Crippen molar-refractivity contribution in [3.8, 4) is 0 Å². The van der Waals surface area contributed by atoms with E-state index in [0.29, 0.717) is 23.1 Å². The Morgan fingerprint density at radius 3 is 3.00 bits per heavy atom. The van der Waals surface area contributed by atoms with Crippen molar-refractivity contribution in [2.45, 2.75) is 12.5 Å². The van der Waals surface area contributed by atoms with Gasteiger partial charge in [-0.25, -0.2) is 4.98 Å². The molecule has 1 aliphatic rings. The molecule has 0 amide bonds. The van der Waals surface area contributed by atoms with Crippen molar-refractivity contribution >= 4 is 23.1 Å². The molecule has 0 aromatic carbocycles. The SMILES string of the molecule is Nc1cc(Cl)cnc1N1CCC(O)C1. The highest BCUT2D eigenvalue weighted by molar-refractivity contribution is 6.30. The van der Waals surface area contributed by atoms with Crippen molar-refractivity contribution in [2.24, 2.45) is 0 Å². The molecule has 0 aliphatic carbocycles. The van der Waals surface area contributed by atoms with Crippen LogP contribution in [-0.2, 0) is 0 Å². The van der Waals surface area contributed by atoms with Crippen molar-refractivity contribution < 1.29 is 5.11 Å². The van der Waals surface area contributed by atoms with Crippen LogP contribution in [0, 0.1) is 0 Å². The number of nitrogens with zero attached hydrogens (tertiary/aromatic N) is 2. The van der Waals surface area contributed by atoms with Gasteiger partial charge in [0.1, 0.15) is 0 Å². The maximum Gasteiger partial charge on any atom is 0.151 e. The van der Waals surface area contributed by atoms with Crippen molar-refractivity contribution in [3.05, 3.63) is 17.3 Å². The summed E-state index contributed by atoms with van der Waals surface area (Å²) in [5.41, 5.74) is 6.34. The summed E-state index contributed by atoms with van der Waals surface area (Å²) in [7, 11) is 0.